The highest BCUT2D eigenvalue weighted by molar-refractivity contribution is 5.58. The molecule has 1 aromatic rings. The second-order valence-electron chi connectivity index (χ2n) is 6.57. The van der Waals surface area contributed by atoms with Crippen LogP contribution in [-0.2, 0) is 4.74 Å². The van der Waals surface area contributed by atoms with Gasteiger partial charge in [-0.1, -0.05) is 6.07 Å². The molecule has 1 aliphatic heterocycles. The predicted molar refractivity (Wildman–Crippen MR) is 79.0 cm³/mol. The molecular weight excluding hydrogens is 238 g/mol. The van der Waals surface area contributed by atoms with Crippen molar-refractivity contribution in [1.82, 2.24) is 0 Å². The molecule has 3 heteroatoms. The van der Waals surface area contributed by atoms with Gasteiger partial charge in [-0.2, -0.15) is 0 Å². The molecule has 1 saturated heterocycles. The first-order valence-corrected chi connectivity index (χ1v) is 6.85. The summed E-state index contributed by atoms with van der Waals surface area (Å²) in [5, 5.41) is 3.58. The van der Waals surface area contributed by atoms with Crippen molar-refractivity contribution >= 4 is 5.69 Å². The number of rotatable bonds is 3. The second-order valence-corrected chi connectivity index (χ2v) is 6.57. The Labute approximate surface area is 116 Å². The van der Waals surface area contributed by atoms with E-state index in [4.69, 9.17) is 9.47 Å². The number of hydrogen-bond acceptors (Lipinski definition) is 3. The monoisotopic (exact) mass is 263 g/mol. The highest BCUT2D eigenvalue weighted by Gasteiger charge is 2.45. The number of nitrogens with one attached hydrogen (secondary N) is 1. The SMILES string of the molecule is COc1cc(C)ccc1NC1CC(C)(C)OC1(C)C. The lowest BCUT2D eigenvalue weighted by atomic mass is 9.94. The van der Waals surface area contributed by atoms with Crippen LogP contribution in [0.15, 0.2) is 18.2 Å². The van der Waals surface area contributed by atoms with E-state index in [2.05, 4.69) is 58.1 Å². The average Bonchev–Trinajstić information content (AvgIpc) is 2.49. The van der Waals surface area contributed by atoms with Crippen molar-refractivity contribution in [3.05, 3.63) is 23.8 Å². The summed E-state index contributed by atoms with van der Waals surface area (Å²) in [6.45, 7) is 10.6. The molecule has 106 valence electrons. The number of ether oxygens (including phenoxy) is 2. The minimum Gasteiger partial charge on any atom is -0.495 e. The molecular formula is C16H25NO2. The Morgan fingerprint density at radius 2 is 1.95 bits per heavy atom. The van der Waals surface area contributed by atoms with Crippen molar-refractivity contribution in [2.24, 2.45) is 0 Å². The number of anilines is 1. The molecule has 1 unspecified atom stereocenters. The summed E-state index contributed by atoms with van der Waals surface area (Å²) in [6.07, 6.45) is 0.983. The first kappa shape index (κ1) is 14.2. The van der Waals surface area contributed by atoms with Crippen LogP contribution in [0.1, 0.15) is 39.7 Å². The van der Waals surface area contributed by atoms with Crippen LogP contribution in [0.2, 0.25) is 0 Å². The Morgan fingerprint density at radius 1 is 1.26 bits per heavy atom. The fourth-order valence-corrected chi connectivity index (χ4v) is 2.89. The molecule has 0 radical (unpaired) electrons. The molecule has 1 aromatic carbocycles. The fraction of sp³-hybridized carbons (Fsp3) is 0.625. The second kappa shape index (κ2) is 4.71. The van der Waals surface area contributed by atoms with Crippen LogP contribution in [-0.4, -0.2) is 24.4 Å². The minimum atomic E-state index is -0.181. The molecule has 3 nitrogen and oxygen atoms in total. The van der Waals surface area contributed by atoms with Crippen molar-refractivity contribution in [1.29, 1.82) is 0 Å². The zero-order chi connectivity index (χ0) is 14.3. The standard InChI is InChI=1S/C16H25NO2/c1-11-7-8-12(13(9-11)18-6)17-14-10-15(2,3)19-16(14,4)5/h7-9,14,17H,10H2,1-6H3. The Kier molecular flexibility index (Phi) is 3.52. The van der Waals surface area contributed by atoms with Crippen molar-refractivity contribution in [2.75, 3.05) is 12.4 Å². The van der Waals surface area contributed by atoms with E-state index in [9.17, 15) is 0 Å². The van der Waals surface area contributed by atoms with Crippen molar-refractivity contribution < 1.29 is 9.47 Å². The van der Waals surface area contributed by atoms with Gasteiger partial charge in [0.25, 0.3) is 0 Å². The lowest BCUT2D eigenvalue weighted by Crippen LogP contribution is -2.38. The third kappa shape index (κ3) is 3.03. The predicted octanol–water partition coefficient (Wildman–Crippen LogP) is 3.76. The first-order valence-electron chi connectivity index (χ1n) is 6.85. The van der Waals surface area contributed by atoms with Crippen LogP contribution in [0.5, 0.6) is 5.75 Å². The summed E-state index contributed by atoms with van der Waals surface area (Å²) in [5.74, 6) is 0.889. The maximum Gasteiger partial charge on any atom is 0.142 e. The van der Waals surface area contributed by atoms with E-state index in [0.717, 1.165) is 17.9 Å². The summed E-state index contributed by atoms with van der Waals surface area (Å²) in [5.41, 5.74) is 1.97. The van der Waals surface area contributed by atoms with E-state index in [0.29, 0.717) is 0 Å². The molecule has 0 amide bonds. The summed E-state index contributed by atoms with van der Waals surface area (Å²) < 4.78 is 11.6. The molecule has 1 atom stereocenters. The van der Waals surface area contributed by atoms with Gasteiger partial charge in [0.1, 0.15) is 5.75 Å². The maximum absolute atomic E-state index is 6.11. The molecule has 1 heterocycles. The van der Waals surface area contributed by atoms with E-state index in [1.54, 1.807) is 7.11 Å². The zero-order valence-electron chi connectivity index (χ0n) is 12.8. The van der Waals surface area contributed by atoms with Gasteiger partial charge in [0.05, 0.1) is 30.0 Å². The highest BCUT2D eigenvalue weighted by atomic mass is 16.5. The first-order chi connectivity index (χ1) is 8.73. The van der Waals surface area contributed by atoms with Crippen LogP contribution >= 0.6 is 0 Å². The van der Waals surface area contributed by atoms with Gasteiger partial charge in [-0.3, -0.25) is 0 Å². The lowest BCUT2D eigenvalue weighted by Gasteiger charge is -2.28. The Hall–Kier alpha value is -1.22. The quantitative estimate of drug-likeness (QED) is 0.900. The van der Waals surface area contributed by atoms with Gasteiger partial charge >= 0.3 is 0 Å². The molecule has 0 bridgehead atoms. The smallest absolute Gasteiger partial charge is 0.142 e. The average molecular weight is 263 g/mol. The topological polar surface area (TPSA) is 30.5 Å². The van der Waals surface area contributed by atoms with Gasteiger partial charge in [-0.05, 0) is 58.7 Å². The van der Waals surface area contributed by atoms with Crippen molar-refractivity contribution in [3.8, 4) is 5.75 Å². The van der Waals surface area contributed by atoms with Crippen molar-refractivity contribution in [2.45, 2.75) is 58.3 Å². The normalized spacial score (nSPS) is 24.2. The molecule has 0 aliphatic carbocycles. The third-order valence-corrected chi connectivity index (χ3v) is 3.76. The van der Waals surface area contributed by atoms with Crippen LogP contribution in [0.3, 0.4) is 0 Å². The molecule has 19 heavy (non-hydrogen) atoms. The van der Waals surface area contributed by atoms with Crippen LogP contribution in [0.25, 0.3) is 0 Å². The van der Waals surface area contributed by atoms with E-state index in [1.807, 2.05) is 0 Å². The molecule has 1 aliphatic rings. The molecule has 1 fully saturated rings. The Bertz CT molecular complexity index is 466. The molecule has 0 spiro atoms. The summed E-state index contributed by atoms with van der Waals surface area (Å²) >= 11 is 0. The Morgan fingerprint density at radius 3 is 2.47 bits per heavy atom. The van der Waals surface area contributed by atoms with E-state index in [-0.39, 0.29) is 17.2 Å². The maximum atomic E-state index is 6.11. The van der Waals surface area contributed by atoms with Gasteiger partial charge in [-0.15, -0.1) is 0 Å². The van der Waals surface area contributed by atoms with Gasteiger partial charge < -0.3 is 14.8 Å². The summed E-state index contributed by atoms with van der Waals surface area (Å²) in [7, 11) is 1.71. The van der Waals surface area contributed by atoms with E-state index < -0.39 is 0 Å². The van der Waals surface area contributed by atoms with Crippen LogP contribution in [0.4, 0.5) is 5.69 Å². The molecule has 0 aromatic heterocycles. The largest absolute Gasteiger partial charge is 0.495 e. The van der Waals surface area contributed by atoms with Crippen LogP contribution in [0, 0.1) is 6.92 Å². The Balaban J connectivity index is 2.22. The number of aryl methyl sites for hydroxylation is 1. The number of methoxy groups -OCH3 is 1. The lowest BCUT2D eigenvalue weighted by molar-refractivity contribution is -0.0662. The number of benzene rings is 1. The van der Waals surface area contributed by atoms with Crippen molar-refractivity contribution in [3.63, 3.8) is 0 Å². The molecule has 0 saturated carbocycles. The van der Waals surface area contributed by atoms with Gasteiger partial charge in [0.15, 0.2) is 0 Å². The number of hydrogen-bond donors (Lipinski definition) is 1. The summed E-state index contributed by atoms with van der Waals surface area (Å²) in [6, 6.07) is 6.50. The molecule has 1 N–H and O–H groups in total. The third-order valence-electron chi connectivity index (χ3n) is 3.76. The van der Waals surface area contributed by atoms with E-state index >= 15 is 0 Å². The summed E-state index contributed by atoms with van der Waals surface area (Å²) in [4.78, 5) is 0. The van der Waals surface area contributed by atoms with E-state index in [1.165, 1.54) is 5.56 Å². The van der Waals surface area contributed by atoms with Gasteiger partial charge in [-0.25, -0.2) is 0 Å². The molecule has 2 rings (SSSR count). The minimum absolute atomic E-state index is 0.0842. The zero-order valence-corrected chi connectivity index (χ0v) is 12.8. The van der Waals surface area contributed by atoms with Gasteiger partial charge in [0, 0.05) is 0 Å². The van der Waals surface area contributed by atoms with Crippen LogP contribution < -0.4 is 10.1 Å². The van der Waals surface area contributed by atoms with Gasteiger partial charge in [0.2, 0.25) is 0 Å². The fourth-order valence-electron chi connectivity index (χ4n) is 2.89. The highest BCUT2D eigenvalue weighted by Crippen LogP contribution is 2.40.